The number of para-hydroxylation sites is 1. The number of amides is 1. The number of nitrogens with zero attached hydrogens (tertiary/aromatic N) is 2. The molecule has 21 heavy (non-hydrogen) atoms. The van der Waals surface area contributed by atoms with Gasteiger partial charge >= 0.3 is 0 Å². The first-order chi connectivity index (χ1) is 9.85. The van der Waals surface area contributed by atoms with Gasteiger partial charge in [0, 0.05) is 10.0 Å². The maximum Gasteiger partial charge on any atom is 0.271 e. The van der Waals surface area contributed by atoms with Gasteiger partial charge in [0.25, 0.3) is 5.91 Å². The van der Waals surface area contributed by atoms with Crippen molar-refractivity contribution >= 4 is 33.3 Å². The van der Waals surface area contributed by atoms with Gasteiger partial charge in [-0.25, -0.2) is 9.97 Å². The summed E-state index contributed by atoms with van der Waals surface area (Å²) < 4.78 is 0.932. The fraction of sp³-hybridized carbons (Fsp3) is 0.267. The second kappa shape index (κ2) is 6.22. The minimum absolute atomic E-state index is 0.234. The van der Waals surface area contributed by atoms with Crippen molar-refractivity contribution in [1.82, 2.24) is 15.3 Å². The summed E-state index contributed by atoms with van der Waals surface area (Å²) in [5, 5.41) is 5.98. The molecule has 0 bridgehead atoms. The van der Waals surface area contributed by atoms with Crippen molar-refractivity contribution in [3.05, 3.63) is 46.8 Å². The molecule has 0 radical (unpaired) electrons. The zero-order chi connectivity index (χ0) is 15.5. The van der Waals surface area contributed by atoms with Crippen molar-refractivity contribution in [2.75, 3.05) is 5.32 Å². The lowest BCUT2D eigenvalue weighted by Crippen LogP contribution is -2.40. The summed E-state index contributed by atoms with van der Waals surface area (Å²) in [6.45, 7) is 5.75. The van der Waals surface area contributed by atoms with Gasteiger partial charge in [-0.3, -0.25) is 4.79 Å². The molecule has 0 aliphatic heterocycles. The molecule has 6 heteroatoms. The fourth-order valence-electron chi connectivity index (χ4n) is 1.62. The second-order valence-electron chi connectivity index (χ2n) is 5.60. The Morgan fingerprint density at radius 1 is 1.14 bits per heavy atom. The minimum Gasteiger partial charge on any atom is -0.346 e. The maximum absolute atomic E-state index is 11.9. The van der Waals surface area contributed by atoms with Gasteiger partial charge in [0.15, 0.2) is 0 Å². The molecule has 0 saturated heterocycles. The number of carbonyl (C=O) groups is 1. The molecule has 110 valence electrons. The summed E-state index contributed by atoms with van der Waals surface area (Å²) in [6.07, 6.45) is 3.00. The molecule has 1 amide bonds. The highest BCUT2D eigenvalue weighted by Gasteiger charge is 2.16. The Balaban J connectivity index is 2.09. The summed E-state index contributed by atoms with van der Waals surface area (Å²) in [5.41, 5.74) is 0.881. The molecule has 1 heterocycles. The van der Waals surface area contributed by atoms with Crippen molar-refractivity contribution in [3.63, 3.8) is 0 Å². The molecule has 0 fully saturated rings. The lowest BCUT2D eigenvalue weighted by Gasteiger charge is -2.19. The number of benzene rings is 1. The SMILES string of the molecule is CC(C)(C)NC(=O)c1cnc(Nc2ccccc2Br)cn1. The van der Waals surface area contributed by atoms with Gasteiger partial charge in [-0.05, 0) is 48.8 Å². The number of hydrogen-bond acceptors (Lipinski definition) is 4. The molecule has 0 spiro atoms. The Hall–Kier alpha value is -1.95. The quantitative estimate of drug-likeness (QED) is 0.890. The van der Waals surface area contributed by atoms with E-state index in [-0.39, 0.29) is 11.4 Å². The average molecular weight is 349 g/mol. The number of rotatable bonds is 3. The van der Waals surface area contributed by atoms with Crippen LogP contribution in [-0.2, 0) is 0 Å². The summed E-state index contributed by atoms with van der Waals surface area (Å²) in [6, 6.07) is 7.71. The van der Waals surface area contributed by atoms with Gasteiger partial charge in [-0.15, -0.1) is 0 Å². The van der Waals surface area contributed by atoms with E-state index in [1.54, 1.807) is 0 Å². The highest BCUT2D eigenvalue weighted by atomic mass is 79.9. The third-order valence-electron chi connectivity index (χ3n) is 2.51. The van der Waals surface area contributed by atoms with E-state index in [4.69, 9.17) is 0 Å². The third kappa shape index (κ3) is 4.53. The molecular weight excluding hydrogens is 332 g/mol. The van der Waals surface area contributed by atoms with Crippen LogP contribution in [0, 0.1) is 0 Å². The van der Waals surface area contributed by atoms with Crippen molar-refractivity contribution in [2.45, 2.75) is 26.3 Å². The molecule has 5 nitrogen and oxygen atoms in total. The Labute approximate surface area is 132 Å². The van der Waals surface area contributed by atoms with Gasteiger partial charge < -0.3 is 10.6 Å². The normalized spacial score (nSPS) is 11.0. The molecule has 0 aliphatic carbocycles. The fourth-order valence-corrected chi connectivity index (χ4v) is 2.00. The average Bonchev–Trinajstić information content (AvgIpc) is 2.40. The predicted octanol–water partition coefficient (Wildman–Crippen LogP) is 3.51. The van der Waals surface area contributed by atoms with Crippen LogP contribution in [0.3, 0.4) is 0 Å². The van der Waals surface area contributed by atoms with Crippen LogP contribution < -0.4 is 10.6 Å². The first kappa shape index (κ1) is 15.4. The smallest absolute Gasteiger partial charge is 0.271 e. The van der Waals surface area contributed by atoms with Gasteiger partial charge in [0.05, 0.1) is 18.1 Å². The largest absolute Gasteiger partial charge is 0.346 e. The van der Waals surface area contributed by atoms with Crippen molar-refractivity contribution in [2.24, 2.45) is 0 Å². The Bertz CT molecular complexity index is 635. The van der Waals surface area contributed by atoms with Crippen LogP contribution >= 0.6 is 15.9 Å². The van der Waals surface area contributed by atoms with Crippen LogP contribution in [0.1, 0.15) is 31.3 Å². The standard InChI is InChI=1S/C15H17BrN4O/c1-15(2,3)20-14(21)12-8-18-13(9-17-12)19-11-7-5-4-6-10(11)16/h4-9H,1-3H3,(H,18,19)(H,20,21). The van der Waals surface area contributed by atoms with Crippen LogP contribution in [0.2, 0.25) is 0 Å². The number of hydrogen-bond donors (Lipinski definition) is 2. The molecule has 0 saturated carbocycles. The Morgan fingerprint density at radius 2 is 1.86 bits per heavy atom. The van der Waals surface area contributed by atoms with Crippen LogP contribution in [0.25, 0.3) is 0 Å². The lowest BCUT2D eigenvalue weighted by atomic mass is 10.1. The van der Waals surface area contributed by atoms with Crippen LogP contribution in [0.4, 0.5) is 11.5 Å². The van der Waals surface area contributed by atoms with Crippen molar-refractivity contribution in [1.29, 1.82) is 0 Å². The van der Waals surface area contributed by atoms with E-state index in [1.807, 2.05) is 45.0 Å². The third-order valence-corrected chi connectivity index (χ3v) is 3.20. The molecule has 0 aliphatic rings. The predicted molar refractivity (Wildman–Crippen MR) is 86.7 cm³/mol. The molecule has 1 aromatic heterocycles. The molecular formula is C15H17BrN4O. The number of nitrogens with one attached hydrogen (secondary N) is 2. The summed E-state index contributed by atoms with van der Waals surface area (Å²) in [7, 11) is 0. The molecule has 1 aromatic carbocycles. The van der Waals surface area contributed by atoms with Crippen LogP contribution in [-0.4, -0.2) is 21.4 Å². The number of aromatic nitrogens is 2. The number of carbonyl (C=O) groups excluding carboxylic acids is 1. The highest BCUT2D eigenvalue weighted by molar-refractivity contribution is 9.10. The zero-order valence-corrected chi connectivity index (χ0v) is 13.7. The van der Waals surface area contributed by atoms with Gasteiger partial charge in [-0.2, -0.15) is 0 Å². The Morgan fingerprint density at radius 3 is 2.43 bits per heavy atom. The zero-order valence-electron chi connectivity index (χ0n) is 12.1. The monoisotopic (exact) mass is 348 g/mol. The lowest BCUT2D eigenvalue weighted by molar-refractivity contribution is 0.0914. The van der Waals surface area contributed by atoms with E-state index in [0.29, 0.717) is 11.5 Å². The summed E-state index contributed by atoms with van der Waals surface area (Å²) >= 11 is 3.45. The van der Waals surface area contributed by atoms with E-state index < -0.39 is 0 Å². The van der Waals surface area contributed by atoms with Crippen LogP contribution in [0.5, 0.6) is 0 Å². The molecule has 0 atom stereocenters. The van der Waals surface area contributed by atoms with Crippen molar-refractivity contribution in [3.8, 4) is 0 Å². The van der Waals surface area contributed by atoms with E-state index in [0.717, 1.165) is 10.2 Å². The van der Waals surface area contributed by atoms with E-state index in [9.17, 15) is 4.79 Å². The Kier molecular flexibility index (Phi) is 4.57. The van der Waals surface area contributed by atoms with E-state index >= 15 is 0 Å². The number of anilines is 2. The first-order valence-electron chi connectivity index (χ1n) is 6.51. The molecule has 0 unspecified atom stereocenters. The van der Waals surface area contributed by atoms with Gasteiger partial charge in [-0.1, -0.05) is 12.1 Å². The minimum atomic E-state index is -0.301. The summed E-state index contributed by atoms with van der Waals surface area (Å²) in [5.74, 6) is 0.344. The first-order valence-corrected chi connectivity index (χ1v) is 7.30. The summed E-state index contributed by atoms with van der Waals surface area (Å²) in [4.78, 5) is 20.3. The van der Waals surface area contributed by atoms with E-state index in [1.165, 1.54) is 12.4 Å². The van der Waals surface area contributed by atoms with Gasteiger partial charge in [0.2, 0.25) is 0 Å². The van der Waals surface area contributed by atoms with Gasteiger partial charge in [0.1, 0.15) is 11.5 Å². The highest BCUT2D eigenvalue weighted by Crippen LogP contribution is 2.23. The maximum atomic E-state index is 11.9. The molecule has 2 rings (SSSR count). The second-order valence-corrected chi connectivity index (χ2v) is 6.45. The van der Waals surface area contributed by atoms with Crippen molar-refractivity contribution < 1.29 is 4.79 Å². The molecule has 2 aromatic rings. The topological polar surface area (TPSA) is 66.9 Å². The van der Waals surface area contributed by atoms with E-state index in [2.05, 4.69) is 36.5 Å². The molecule has 2 N–H and O–H groups in total. The van der Waals surface area contributed by atoms with Crippen LogP contribution in [0.15, 0.2) is 41.1 Å². The number of halogens is 1.